The van der Waals surface area contributed by atoms with Crippen molar-refractivity contribution in [2.45, 2.75) is 18.2 Å². The number of carbonyl (C=O) groups excluding carboxylic acids is 1. The van der Waals surface area contributed by atoms with E-state index in [0.717, 1.165) is 12.1 Å². The first-order valence-corrected chi connectivity index (χ1v) is 11.2. The summed E-state index contributed by atoms with van der Waals surface area (Å²) in [5, 5.41) is 12.8. The van der Waals surface area contributed by atoms with Crippen molar-refractivity contribution < 1.29 is 37.4 Å². The highest BCUT2D eigenvalue weighted by molar-refractivity contribution is 6.34. The van der Waals surface area contributed by atoms with E-state index < -0.39 is 24.2 Å². The van der Waals surface area contributed by atoms with E-state index in [1.54, 1.807) is 24.3 Å². The van der Waals surface area contributed by atoms with Crippen LogP contribution in [0, 0.1) is 0 Å². The van der Waals surface area contributed by atoms with Crippen LogP contribution in [0.15, 0.2) is 71.9 Å². The summed E-state index contributed by atoms with van der Waals surface area (Å²) in [5.41, 5.74) is 2.56. The molecule has 1 aliphatic heterocycles. The molecule has 0 saturated heterocycles. The number of benzene rings is 3. The summed E-state index contributed by atoms with van der Waals surface area (Å²) >= 11 is 11.7. The fourth-order valence-corrected chi connectivity index (χ4v) is 4.02. The zero-order chi connectivity index (χ0) is 27.4. The topological polar surface area (TPSA) is 111 Å². The van der Waals surface area contributed by atoms with Crippen LogP contribution >= 0.6 is 23.2 Å². The number of carboxylic acids is 1. The Hall–Kier alpha value is -3.76. The molecule has 1 aliphatic rings. The van der Waals surface area contributed by atoms with E-state index >= 15 is 0 Å². The van der Waals surface area contributed by atoms with Crippen LogP contribution in [0.25, 0.3) is 0 Å². The normalized spacial score (nSPS) is 16.6. The minimum atomic E-state index is -4.82. The van der Waals surface area contributed by atoms with E-state index in [9.17, 15) is 22.8 Å². The van der Waals surface area contributed by atoms with Crippen molar-refractivity contribution in [2.75, 3.05) is 7.11 Å². The van der Waals surface area contributed by atoms with Gasteiger partial charge >= 0.3 is 12.1 Å². The third-order valence-electron chi connectivity index (χ3n) is 5.34. The molecule has 0 fully saturated rings. The van der Waals surface area contributed by atoms with Crippen molar-refractivity contribution in [3.05, 3.63) is 99.0 Å². The van der Waals surface area contributed by atoms with E-state index in [2.05, 4.69) is 5.16 Å². The number of alkyl halides is 3. The highest BCUT2D eigenvalue weighted by atomic mass is 35.5. The minimum Gasteiger partial charge on any atom is -0.496 e. The van der Waals surface area contributed by atoms with Gasteiger partial charge in [0.05, 0.1) is 12.8 Å². The van der Waals surface area contributed by atoms with Crippen molar-refractivity contribution in [3.8, 4) is 5.75 Å². The summed E-state index contributed by atoms with van der Waals surface area (Å²) in [5.74, 6) is -1.62. The summed E-state index contributed by atoms with van der Waals surface area (Å²) in [6, 6.07) is 16.2. The van der Waals surface area contributed by atoms with Crippen LogP contribution in [0.4, 0.5) is 13.2 Å². The molecule has 12 heteroatoms. The molecule has 194 valence electrons. The first-order valence-electron chi connectivity index (χ1n) is 10.4. The summed E-state index contributed by atoms with van der Waals surface area (Å²) in [6.45, 7) is 0. The summed E-state index contributed by atoms with van der Waals surface area (Å²) < 4.78 is 47.0. The number of methoxy groups -OCH3 is 1. The van der Waals surface area contributed by atoms with Crippen molar-refractivity contribution in [3.63, 3.8) is 0 Å². The zero-order valence-corrected chi connectivity index (χ0v) is 20.6. The van der Waals surface area contributed by atoms with Crippen molar-refractivity contribution in [2.24, 2.45) is 10.9 Å². The Bertz CT molecular complexity index is 1330. The molecule has 1 amide bonds. The first-order chi connectivity index (χ1) is 17.4. The van der Waals surface area contributed by atoms with Gasteiger partial charge in [-0.05, 0) is 42.5 Å². The number of amides is 1. The molecule has 3 N–H and O–H groups in total. The lowest BCUT2D eigenvalue weighted by molar-refractivity contribution is -0.275. The van der Waals surface area contributed by atoms with Crippen molar-refractivity contribution in [1.82, 2.24) is 0 Å². The maximum absolute atomic E-state index is 14.0. The van der Waals surface area contributed by atoms with E-state index in [-0.39, 0.29) is 44.1 Å². The Morgan fingerprint density at radius 1 is 1.05 bits per heavy atom. The van der Waals surface area contributed by atoms with Gasteiger partial charge in [-0.3, -0.25) is 4.79 Å². The third kappa shape index (κ3) is 6.15. The van der Waals surface area contributed by atoms with Crippen LogP contribution in [0.5, 0.6) is 5.75 Å². The molecule has 0 saturated carbocycles. The van der Waals surface area contributed by atoms with E-state index in [1.165, 1.54) is 31.4 Å². The fraction of sp³-hybridized carbons (Fsp3) is 0.160. The van der Waals surface area contributed by atoms with Crippen LogP contribution < -0.4 is 10.5 Å². The quantitative estimate of drug-likeness (QED) is 0.397. The molecule has 0 spiro atoms. The number of carbonyl (C=O) groups is 2. The van der Waals surface area contributed by atoms with Crippen LogP contribution in [-0.2, 0) is 10.4 Å². The van der Waals surface area contributed by atoms with Crippen molar-refractivity contribution >= 4 is 40.8 Å². The largest absolute Gasteiger partial charge is 0.496 e. The monoisotopic (exact) mass is 554 g/mol. The van der Waals surface area contributed by atoms with Gasteiger partial charge in [0.1, 0.15) is 11.3 Å². The number of primary amides is 1. The Balaban J connectivity index is 0.000000356. The van der Waals surface area contributed by atoms with Gasteiger partial charge in [0.25, 0.3) is 5.60 Å². The Morgan fingerprint density at radius 2 is 1.68 bits per heavy atom. The van der Waals surface area contributed by atoms with Crippen LogP contribution in [0.1, 0.15) is 38.3 Å². The Kier molecular flexibility index (Phi) is 8.35. The predicted molar refractivity (Wildman–Crippen MR) is 131 cm³/mol. The number of nitrogens with two attached hydrogens (primary N) is 1. The maximum atomic E-state index is 14.0. The number of hydrogen-bond donors (Lipinski definition) is 2. The molecule has 37 heavy (non-hydrogen) atoms. The minimum absolute atomic E-state index is 0.0111. The standard InChI is InChI=1S/C18H12Cl2F3NO4.C7H7NO/c1-27-15-4-9(2-3-13(15)16(25)26)14-8-17(28-24-14,18(21,22)23)10-5-11(19)7-12(20)6-10;8-7(9)6-4-2-1-3-5-6/h2-7H,8H2,1H3,(H,25,26);1-5H,(H2,8,9). The zero-order valence-electron chi connectivity index (χ0n) is 19.1. The lowest BCUT2D eigenvalue weighted by atomic mass is 9.86. The fourth-order valence-electron chi connectivity index (χ4n) is 3.50. The average molecular weight is 555 g/mol. The molecule has 4 rings (SSSR count). The maximum Gasteiger partial charge on any atom is 0.435 e. The molecule has 0 aromatic heterocycles. The molecule has 3 aromatic rings. The summed E-state index contributed by atoms with van der Waals surface area (Å²) in [4.78, 5) is 26.5. The predicted octanol–water partition coefficient (Wildman–Crippen LogP) is 6.07. The van der Waals surface area contributed by atoms with Gasteiger partial charge in [0, 0.05) is 33.2 Å². The lowest BCUT2D eigenvalue weighted by Gasteiger charge is -2.29. The SMILES string of the molecule is COc1cc(C2=NOC(c3cc(Cl)cc(Cl)c3)(C(F)(F)F)C2)ccc1C(=O)O.NC(=O)c1ccccc1. The molecule has 1 atom stereocenters. The number of carboxylic acid groups (broad SMARTS) is 1. The molecule has 3 aromatic carbocycles. The van der Waals surface area contributed by atoms with Gasteiger partial charge in [0.2, 0.25) is 5.91 Å². The Labute approximate surface area is 219 Å². The molecule has 0 bridgehead atoms. The third-order valence-corrected chi connectivity index (χ3v) is 5.77. The number of nitrogens with zero attached hydrogens (tertiary/aromatic N) is 1. The van der Waals surface area contributed by atoms with Crippen LogP contribution in [-0.4, -0.2) is 36.0 Å². The number of aromatic carboxylic acids is 1. The number of hydrogen-bond acceptors (Lipinski definition) is 5. The summed E-state index contributed by atoms with van der Waals surface area (Å²) in [6.07, 6.45) is -5.47. The smallest absolute Gasteiger partial charge is 0.435 e. The lowest BCUT2D eigenvalue weighted by Crippen LogP contribution is -2.42. The number of ether oxygens (including phenoxy) is 1. The molecular formula is C25H19Cl2F3N2O5. The number of oxime groups is 1. The molecule has 1 heterocycles. The second-order valence-corrected chi connectivity index (χ2v) is 8.61. The number of halogens is 5. The van der Waals surface area contributed by atoms with E-state index in [0.29, 0.717) is 5.56 Å². The second-order valence-electron chi connectivity index (χ2n) is 7.74. The molecule has 7 nitrogen and oxygen atoms in total. The molecule has 1 unspecified atom stereocenters. The first kappa shape index (κ1) is 27.8. The van der Waals surface area contributed by atoms with E-state index in [4.69, 9.17) is 43.6 Å². The van der Waals surface area contributed by atoms with E-state index in [1.807, 2.05) is 6.07 Å². The van der Waals surface area contributed by atoms with Crippen molar-refractivity contribution in [1.29, 1.82) is 0 Å². The molecule has 0 aliphatic carbocycles. The van der Waals surface area contributed by atoms with Gasteiger partial charge < -0.3 is 20.4 Å². The van der Waals surface area contributed by atoms with Gasteiger partial charge in [-0.2, -0.15) is 13.2 Å². The van der Waals surface area contributed by atoms with Gasteiger partial charge in [-0.25, -0.2) is 4.79 Å². The van der Waals surface area contributed by atoms with Crippen LogP contribution in [0.2, 0.25) is 10.0 Å². The van der Waals surface area contributed by atoms with Gasteiger partial charge in [0.15, 0.2) is 0 Å². The van der Waals surface area contributed by atoms with Crippen LogP contribution in [0.3, 0.4) is 0 Å². The average Bonchev–Trinajstić information content (AvgIpc) is 3.31. The van der Waals surface area contributed by atoms with Gasteiger partial charge in [-0.1, -0.05) is 52.6 Å². The molecular weight excluding hydrogens is 536 g/mol. The highest BCUT2D eigenvalue weighted by Crippen LogP contribution is 2.49. The molecule has 0 radical (unpaired) electrons. The van der Waals surface area contributed by atoms with Gasteiger partial charge in [-0.15, -0.1) is 0 Å². The number of rotatable bonds is 5. The Morgan fingerprint density at radius 3 is 2.16 bits per heavy atom. The summed E-state index contributed by atoms with van der Waals surface area (Å²) in [7, 11) is 1.26. The second kappa shape index (κ2) is 11.1. The highest BCUT2D eigenvalue weighted by Gasteiger charge is 2.62.